The smallest absolute Gasteiger partial charge is 0.219 e. The molecule has 0 saturated carbocycles. The van der Waals surface area contributed by atoms with Crippen molar-refractivity contribution in [2.24, 2.45) is 0 Å². The van der Waals surface area contributed by atoms with Gasteiger partial charge in [0.2, 0.25) is 5.89 Å². The Bertz CT molecular complexity index is 812. The van der Waals surface area contributed by atoms with Crippen molar-refractivity contribution in [1.82, 2.24) is 15.3 Å². The summed E-state index contributed by atoms with van der Waals surface area (Å²) in [6.07, 6.45) is 9.54. The van der Waals surface area contributed by atoms with Gasteiger partial charge in [0.25, 0.3) is 0 Å². The van der Waals surface area contributed by atoms with Gasteiger partial charge in [-0.3, -0.25) is 4.98 Å². The Kier molecular flexibility index (Phi) is 5.18. The highest BCUT2D eigenvalue weighted by Crippen LogP contribution is 2.15. The Balaban J connectivity index is 1.59. The van der Waals surface area contributed by atoms with Gasteiger partial charge in [-0.2, -0.15) is 0 Å². The average molecular weight is 319 g/mol. The van der Waals surface area contributed by atoms with Crippen LogP contribution in [0, 0.1) is 0 Å². The largest absolute Gasteiger partial charge is 0.437 e. The molecular weight excluding hydrogens is 298 g/mol. The minimum absolute atomic E-state index is 0.474. The highest BCUT2D eigenvalue weighted by atomic mass is 16.3. The Morgan fingerprint density at radius 3 is 2.67 bits per heavy atom. The van der Waals surface area contributed by atoms with Gasteiger partial charge >= 0.3 is 0 Å². The molecule has 3 aromatic rings. The maximum absolute atomic E-state index is 5.63. The van der Waals surface area contributed by atoms with Gasteiger partial charge in [0.05, 0.1) is 5.69 Å². The lowest BCUT2D eigenvalue weighted by Gasteiger charge is -2.07. The predicted octanol–water partition coefficient (Wildman–Crippen LogP) is 4.45. The molecule has 0 saturated heterocycles. The van der Waals surface area contributed by atoms with Crippen molar-refractivity contribution < 1.29 is 4.42 Å². The van der Waals surface area contributed by atoms with Gasteiger partial charge < -0.3 is 9.73 Å². The van der Waals surface area contributed by atoms with Gasteiger partial charge in [0.15, 0.2) is 5.58 Å². The molecule has 0 atom stereocenters. The fourth-order valence-corrected chi connectivity index (χ4v) is 2.21. The van der Waals surface area contributed by atoms with Gasteiger partial charge in [0, 0.05) is 24.9 Å². The fraction of sp³-hybridized carbons (Fsp3) is 0.200. The minimum atomic E-state index is 0.474. The first-order valence-corrected chi connectivity index (χ1v) is 8.09. The van der Waals surface area contributed by atoms with Crippen LogP contribution in [0.1, 0.15) is 31.0 Å². The summed E-state index contributed by atoms with van der Waals surface area (Å²) < 4.78 is 5.63. The van der Waals surface area contributed by atoms with Crippen LogP contribution in [0.2, 0.25) is 0 Å². The monoisotopic (exact) mass is 319 g/mol. The molecule has 0 fully saturated rings. The molecule has 2 heterocycles. The van der Waals surface area contributed by atoms with E-state index in [0.29, 0.717) is 11.9 Å². The molecule has 0 amide bonds. The zero-order chi connectivity index (χ0) is 16.8. The second kappa shape index (κ2) is 7.70. The van der Waals surface area contributed by atoms with Crippen molar-refractivity contribution in [2.75, 3.05) is 0 Å². The van der Waals surface area contributed by atoms with Crippen molar-refractivity contribution in [3.63, 3.8) is 0 Å². The maximum atomic E-state index is 5.63. The van der Waals surface area contributed by atoms with Crippen molar-refractivity contribution in [3.05, 3.63) is 71.9 Å². The van der Waals surface area contributed by atoms with Crippen LogP contribution in [0.25, 0.3) is 23.3 Å². The van der Waals surface area contributed by atoms with Gasteiger partial charge in [-0.1, -0.05) is 44.2 Å². The van der Waals surface area contributed by atoms with E-state index >= 15 is 0 Å². The van der Waals surface area contributed by atoms with Crippen LogP contribution >= 0.6 is 0 Å². The standard InChI is InChI=1S/C20H21N3O/c1-15(2)21-13-16-11-12-17(22-14-16)7-3-6-10-20-23-18-8-4-5-9-19(18)24-20/h3-12,14-15,21H,13H2,1-2H3/b7-3+,10-6+. The van der Waals surface area contributed by atoms with Crippen LogP contribution in [0.5, 0.6) is 0 Å². The lowest BCUT2D eigenvalue weighted by atomic mass is 10.2. The summed E-state index contributed by atoms with van der Waals surface area (Å²) in [5, 5.41) is 3.38. The number of hydrogen-bond acceptors (Lipinski definition) is 4. The molecule has 122 valence electrons. The first-order chi connectivity index (χ1) is 11.7. The Morgan fingerprint density at radius 2 is 1.92 bits per heavy atom. The number of hydrogen-bond donors (Lipinski definition) is 1. The summed E-state index contributed by atoms with van der Waals surface area (Å²) >= 11 is 0. The lowest BCUT2D eigenvalue weighted by Crippen LogP contribution is -2.21. The summed E-state index contributed by atoms with van der Waals surface area (Å²) in [4.78, 5) is 8.83. The summed E-state index contributed by atoms with van der Waals surface area (Å²) in [6.45, 7) is 5.10. The maximum Gasteiger partial charge on any atom is 0.219 e. The molecule has 0 aliphatic carbocycles. The summed E-state index contributed by atoms with van der Waals surface area (Å²) in [5.41, 5.74) is 3.77. The molecule has 1 N–H and O–H groups in total. The van der Waals surface area contributed by atoms with E-state index in [1.807, 2.05) is 60.8 Å². The van der Waals surface area contributed by atoms with E-state index in [1.54, 1.807) is 0 Å². The zero-order valence-corrected chi connectivity index (χ0v) is 13.9. The van der Waals surface area contributed by atoms with E-state index in [0.717, 1.165) is 23.3 Å². The molecule has 4 nitrogen and oxygen atoms in total. The molecule has 2 aromatic heterocycles. The average Bonchev–Trinajstić information content (AvgIpc) is 3.00. The first kappa shape index (κ1) is 16.1. The van der Waals surface area contributed by atoms with E-state index in [2.05, 4.69) is 35.2 Å². The van der Waals surface area contributed by atoms with Crippen molar-refractivity contribution in [1.29, 1.82) is 0 Å². The Labute approximate surface area is 141 Å². The Morgan fingerprint density at radius 1 is 1.08 bits per heavy atom. The van der Waals surface area contributed by atoms with Gasteiger partial charge in [-0.25, -0.2) is 4.98 Å². The van der Waals surface area contributed by atoms with Crippen LogP contribution in [-0.2, 0) is 6.54 Å². The molecular formula is C20H21N3O. The van der Waals surface area contributed by atoms with Crippen LogP contribution < -0.4 is 5.32 Å². The van der Waals surface area contributed by atoms with Gasteiger partial charge in [-0.05, 0) is 29.8 Å². The molecule has 0 spiro atoms. The third kappa shape index (κ3) is 4.40. The number of aromatic nitrogens is 2. The second-order valence-electron chi connectivity index (χ2n) is 5.86. The van der Waals surface area contributed by atoms with E-state index in [1.165, 1.54) is 5.56 Å². The topological polar surface area (TPSA) is 51.0 Å². The number of para-hydroxylation sites is 2. The van der Waals surface area contributed by atoms with Crippen LogP contribution in [-0.4, -0.2) is 16.0 Å². The number of pyridine rings is 1. The zero-order valence-electron chi connectivity index (χ0n) is 13.9. The highest BCUT2D eigenvalue weighted by molar-refractivity contribution is 5.73. The number of benzene rings is 1. The summed E-state index contributed by atoms with van der Waals surface area (Å²) in [7, 11) is 0. The van der Waals surface area contributed by atoms with E-state index < -0.39 is 0 Å². The lowest BCUT2D eigenvalue weighted by molar-refractivity contribution is 0.588. The van der Waals surface area contributed by atoms with Crippen molar-refractivity contribution >= 4 is 23.3 Å². The first-order valence-electron chi connectivity index (χ1n) is 8.09. The quantitative estimate of drug-likeness (QED) is 0.682. The number of nitrogens with one attached hydrogen (secondary N) is 1. The molecule has 0 aliphatic heterocycles. The van der Waals surface area contributed by atoms with Crippen molar-refractivity contribution in [3.8, 4) is 0 Å². The minimum Gasteiger partial charge on any atom is -0.437 e. The summed E-state index contributed by atoms with van der Waals surface area (Å²) in [5.74, 6) is 0.601. The number of nitrogens with zero attached hydrogens (tertiary/aromatic N) is 2. The predicted molar refractivity (Wildman–Crippen MR) is 98.3 cm³/mol. The third-order valence-corrected chi connectivity index (χ3v) is 3.49. The SMILES string of the molecule is CC(C)NCc1ccc(/C=C/C=C/c2nc3ccccc3o2)nc1. The van der Waals surface area contributed by atoms with Gasteiger partial charge in [0.1, 0.15) is 5.52 Å². The third-order valence-electron chi connectivity index (χ3n) is 3.49. The number of allylic oxidation sites excluding steroid dienone is 2. The van der Waals surface area contributed by atoms with Crippen LogP contribution in [0.15, 0.2) is 59.2 Å². The Hall–Kier alpha value is -2.72. The molecule has 3 rings (SSSR count). The van der Waals surface area contributed by atoms with E-state index in [9.17, 15) is 0 Å². The molecule has 4 heteroatoms. The van der Waals surface area contributed by atoms with Crippen LogP contribution in [0.3, 0.4) is 0 Å². The molecule has 0 radical (unpaired) electrons. The van der Waals surface area contributed by atoms with Gasteiger partial charge in [-0.15, -0.1) is 0 Å². The summed E-state index contributed by atoms with van der Waals surface area (Å²) in [6, 6.07) is 12.3. The molecule has 0 aliphatic rings. The van der Waals surface area contributed by atoms with E-state index in [4.69, 9.17) is 4.42 Å². The normalized spacial score (nSPS) is 12.1. The molecule has 0 unspecified atom stereocenters. The molecule has 0 bridgehead atoms. The molecule has 1 aromatic carbocycles. The second-order valence-corrected chi connectivity index (χ2v) is 5.86. The van der Waals surface area contributed by atoms with Crippen LogP contribution in [0.4, 0.5) is 0 Å². The number of oxazole rings is 1. The number of rotatable bonds is 6. The highest BCUT2D eigenvalue weighted by Gasteiger charge is 2.00. The van der Waals surface area contributed by atoms with E-state index in [-0.39, 0.29) is 0 Å². The van der Waals surface area contributed by atoms with Crippen molar-refractivity contribution in [2.45, 2.75) is 26.4 Å². The molecule has 24 heavy (non-hydrogen) atoms. The number of fused-ring (bicyclic) bond motifs is 1. The fourth-order valence-electron chi connectivity index (χ4n) is 2.21.